The summed E-state index contributed by atoms with van der Waals surface area (Å²) in [7, 11) is 1.94. The maximum atomic E-state index is 10.6. The summed E-state index contributed by atoms with van der Waals surface area (Å²) in [4.78, 5) is 12.6. The Labute approximate surface area is 85.4 Å². The Morgan fingerprint density at radius 1 is 1.50 bits per heavy atom. The van der Waals surface area contributed by atoms with E-state index in [0.29, 0.717) is 12.5 Å². The predicted molar refractivity (Wildman–Crippen MR) is 55.4 cm³/mol. The monoisotopic (exact) mass is 194 g/mol. The van der Waals surface area contributed by atoms with Gasteiger partial charge in [-0.15, -0.1) is 0 Å². The van der Waals surface area contributed by atoms with Crippen LogP contribution >= 0.6 is 0 Å². The van der Waals surface area contributed by atoms with E-state index >= 15 is 0 Å². The van der Waals surface area contributed by atoms with Crippen LogP contribution in [0.4, 0.5) is 0 Å². The van der Waals surface area contributed by atoms with Crippen molar-refractivity contribution in [1.29, 1.82) is 0 Å². The number of hydrogen-bond acceptors (Lipinski definition) is 2. The number of hydrogen-bond donors (Lipinski definition) is 1. The molecule has 1 aromatic rings. The molecule has 3 heteroatoms. The van der Waals surface area contributed by atoms with Gasteiger partial charge in [-0.1, -0.05) is 19.0 Å². The van der Waals surface area contributed by atoms with Gasteiger partial charge in [-0.25, -0.2) is 4.79 Å². The van der Waals surface area contributed by atoms with Gasteiger partial charge in [0, 0.05) is 7.92 Å². The molecule has 0 bridgehead atoms. The largest absolute Gasteiger partial charge is 0.478 e. The second kappa shape index (κ2) is 4.77. The van der Waals surface area contributed by atoms with Gasteiger partial charge in [-0.05, 0) is 31.3 Å². The van der Waals surface area contributed by atoms with Crippen LogP contribution in [-0.4, -0.2) is 29.6 Å². The predicted octanol–water partition coefficient (Wildman–Crippen LogP) is 1.84. The van der Waals surface area contributed by atoms with Gasteiger partial charge in [-0.3, -0.25) is 0 Å². The van der Waals surface area contributed by atoms with Crippen molar-refractivity contribution in [1.82, 2.24) is 4.90 Å². The minimum Gasteiger partial charge on any atom is -0.478 e. The molecule has 0 aliphatic carbocycles. The second-order valence-corrected chi connectivity index (χ2v) is 3.24. The number of rotatable bonds is 4. The zero-order valence-corrected chi connectivity index (χ0v) is 8.23. The fourth-order valence-corrected chi connectivity index (χ4v) is 1.14. The zero-order chi connectivity index (χ0) is 11.3. The summed E-state index contributed by atoms with van der Waals surface area (Å²) in [6.07, 6.45) is 0. The van der Waals surface area contributed by atoms with Crippen molar-refractivity contribution in [3.63, 3.8) is 0 Å². The van der Waals surface area contributed by atoms with Crippen LogP contribution in [-0.2, 0) is 6.54 Å². The van der Waals surface area contributed by atoms with Crippen LogP contribution in [0.2, 0.25) is 0 Å². The van der Waals surface area contributed by atoms with E-state index in [-0.39, 0.29) is 0 Å². The number of carbonyl (C=O) groups is 1. The van der Waals surface area contributed by atoms with Gasteiger partial charge >= 0.3 is 5.97 Å². The molecule has 0 aliphatic rings. The molecule has 0 saturated carbocycles. The molecular weight excluding hydrogens is 178 g/mol. The van der Waals surface area contributed by atoms with Crippen LogP contribution in [0.25, 0.3) is 0 Å². The molecule has 14 heavy (non-hydrogen) atoms. The van der Waals surface area contributed by atoms with E-state index < -0.39 is 5.97 Å². The summed E-state index contributed by atoms with van der Waals surface area (Å²) in [6, 6.07) is 6.83. The number of carboxylic acid groups (broad SMARTS) is 1. The van der Waals surface area contributed by atoms with E-state index in [1.165, 1.54) is 0 Å². The zero-order valence-electron chi connectivity index (χ0n) is 9.23. The van der Waals surface area contributed by atoms with E-state index in [9.17, 15) is 4.79 Å². The Hall–Kier alpha value is -1.35. The summed E-state index contributed by atoms with van der Waals surface area (Å²) in [6.45, 7) is 1.85. The van der Waals surface area contributed by atoms with Crippen LogP contribution in [0.15, 0.2) is 24.3 Å². The number of benzene rings is 1. The minimum absolute atomic E-state index is 0.307. The summed E-state index contributed by atoms with van der Waals surface area (Å²) in [5.74, 6) is -0.902. The third kappa shape index (κ3) is 2.85. The van der Waals surface area contributed by atoms with Gasteiger partial charge in [0.15, 0.2) is 0 Å². The molecule has 1 rings (SSSR count). The average molecular weight is 194 g/mol. The quantitative estimate of drug-likeness (QED) is 0.795. The highest BCUT2D eigenvalue weighted by molar-refractivity contribution is 5.87. The average Bonchev–Trinajstić information content (AvgIpc) is 2.18. The van der Waals surface area contributed by atoms with Crippen molar-refractivity contribution in [3.8, 4) is 0 Å². The summed E-state index contributed by atoms with van der Waals surface area (Å²) in [5, 5.41) is 8.71. The van der Waals surface area contributed by atoms with Crippen LogP contribution in [0, 0.1) is 0 Å². The van der Waals surface area contributed by atoms with E-state index in [1.54, 1.807) is 12.1 Å². The summed E-state index contributed by atoms with van der Waals surface area (Å²) in [5.41, 5.74) is 1.37. The van der Waals surface area contributed by atoms with Crippen molar-refractivity contribution in [3.05, 3.63) is 35.4 Å². The molecule has 0 atom stereocenters. The standard InChI is InChI=1S/C11H15NO2/c1-3-12(2)8-9-4-6-10(7-5-9)11(13)14/h4-7H,3,8H2,1-2H3,(H,13,14)/i1D. The van der Waals surface area contributed by atoms with Crippen molar-refractivity contribution < 1.29 is 11.3 Å². The molecule has 0 spiro atoms. The Morgan fingerprint density at radius 3 is 2.64 bits per heavy atom. The summed E-state index contributed by atoms with van der Waals surface area (Å²) >= 11 is 0. The maximum absolute atomic E-state index is 10.6. The van der Waals surface area contributed by atoms with Crippen molar-refractivity contribution in [2.75, 3.05) is 13.6 Å². The normalized spacial score (nSPS) is 11.4. The van der Waals surface area contributed by atoms with E-state index in [4.69, 9.17) is 6.48 Å². The first-order chi connectivity index (χ1) is 7.13. The molecule has 76 valence electrons. The van der Waals surface area contributed by atoms with Gasteiger partial charge in [-0.2, -0.15) is 0 Å². The highest BCUT2D eigenvalue weighted by atomic mass is 16.4. The second-order valence-electron chi connectivity index (χ2n) is 3.24. The van der Waals surface area contributed by atoms with Gasteiger partial charge in [0.05, 0.1) is 5.56 Å². The molecule has 0 aromatic heterocycles. The molecule has 1 N–H and O–H groups in total. The lowest BCUT2D eigenvalue weighted by Crippen LogP contribution is -2.16. The molecule has 0 unspecified atom stereocenters. The highest BCUT2D eigenvalue weighted by Gasteiger charge is 2.02. The maximum Gasteiger partial charge on any atom is 0.335 e. The molecule has 0 aliphatic heterocycles. The van der Waals surface area contributed by atoms with Gasteiger partial charge in [0.1, 0.15) is 0 Å². The Balaban J connectivity index is 2.60. The SMILES string of the molecule is [2H]CCN(C)Cc1ccc(C(=O)O)cc1. The first-order valence-corrected chi connectivity index (χ1v) is 4.43. The third-order valence-corrected chi connectivity index (χ3v) is 2.04. The minimum atomic E-state index is -0.902. The Kier molecular flexibility index (Phi) is 3.14. The smallest absolute Gasteiger partial charge is 0.335 e. The van der Waals surface area contributed by atoms with Crippen LogP contribution in [0.1, 0.15) is 24.2 Å². The Bertz CT molecular complexity index is 324. The molecule has 3 nitrogen and oxygen atoms in total. The molecular formula is C11H15NO2. The molecule has 0 saturated heterocycles. The fraction of sp³-hybridized carbons (Fsp3) is 0.364. The van der Waals surface area contributed by atoms with E-state index in [1.807, 2.05) is 24.1 Å². The van der Waals surface area contributed by atoms with Crippen LogP contribution in [0.3, 0.4) is 0 Å². The van der Waals surface area contributed by atoms with Gasteiger partial charge in [0.25, 0.3) is 0 Å². The lowest BCUT2D eigenvalue weighted by Gasteiger charge is -2.13. The number of nitrogens with zero attached hydrogens (tertiary/aromatic N) is 1. The first-order valence-electron chi connectivity index (χ1n) is 5.14. The first kappa shape index (κ1) is 9.21. The Morgan fingerprint density at radius 2 is 2.14 bits per heavy atom. The molecule has 1 aromatic carbocycles. The lowest BCUT2D eigenvalue weighted by molar-refractivity contribution is 0.0697. The van der Waals surface area contributed by atoms with E-state index in [2.05, 4.69) is 0 Å². The van der Waals surface area contributed by atoms with Crippen molar-refractivity contribution in [2.24, 2.45) is 0 Å². The third-order valence-electron chi connectivity index (χ3n) is 2.04. The molecule has 0 fully saturated rings. The van der Waals surface area contributed by atoms with Gasteiger partial charge < -0.3 is 10.0 Å². The molecule has 0 amide bonds. The number of carboxylic acids is 1. The van der Waals surface area contributed by atoms with Crippen molar-refractivity contribution in [2.45, 2.75) is 13.4 Å². The van der Waals surface area contributed by atoms with Gasteiger partial charge in [0.2, 0.25) is 0 Å². The van der Waals surface area contributed by atoms with Crippen LogP contribution < -0.4 is 0 Å². The van der Waals surface area contributed by atoms with Crippen molar-refractivity contribution >= 4 is 5.97 Å². The molecule has 0 heterocycles. The number of aromatic carboxylic acids is 1. The van der Waals surface area contributed by atoms with E-state index in [0.717, 1.165) is 18.7 Å². The molecule has 0 radical (unpaired) electrons. The van der Waals surface area contributed by atoms with Crippen LogP contribution in [0.5, 0.6) is 0 Å². The fourth-order valence-electron chi connectivity index (χ4n) is 1.14. The topological polar surface area (TPSA) is 40.5 Å². The lowest BCUT2D eigenvalue weighted by atomic mass is 10.1. The summed E-state index contributed by atoms with van der Waals surface area (Å²) < 4.78 is 7.07. The highest BCUT2D eigenvalue weighted by Crippen LogP contribution is 2.06.